The summed E-state index contributed by atoms with van der Waals surface area (Å²) >= 11 is 0. The number of aryl methyl sites for hydroxylation is 1. The van der Waals surface area contributed by atoms with Crippen LogP contribution < -0.4 is 11.3 Å². The molecule has 1 aliphatic rings. The summed E-state index contributed by atoms with van der Waals surface area (Å²) in [4.78, 5) is 11.7. The quantitative estimate of drug-likeness (QED) is 0.894. The molecule has 0 fully saturated rings. The number of hydrogen-bond donors (Lipinski definition) is 1. The Kier molecular flexibility index (Phi) is 3.47. The van der Waals surface area contributed by atoms with Gasteiger partial charge in [-0.1, -0.05) is 6.07 Å². The fraction of sp³-hybridized carbons (Fsp3) is 0.583. The molecule has 3 nitrogen and oxygen atoms in total. The molecule has 0 radical (unpaired) electrons. The molecule has 0 aliphatic heterocycles. The van der Waals surface area contributed by atoms with E-state index in [1.165, 1.54) is 10.6 Å². The second kappa shape index (κ2) is 4.76. The number of fused-ring (bicyclic) bond motifs is 1. The van der Waals surface area contributed by atoms with E-state index in [0.29, 0.717) is 6.42 Å². The lowest BCUT2D eigenvalue weighted by molar-refractivity contribution is -0.175. The van der Waals surface area contributed by atoms with Crippen LogP contribution in [0.25, 0.3) is 0 Å². The van der Waals surface area contributed by atoms with Crippen LogP contribution in [-0.4, -0.2) is 17.3 Å². The lowest BCUT2D eigenvalue weighted by Gasteiger charge is -2.21. The molecule has 1 unspecified atom stereocenters. The molecular weight excluding hydrogens is 245 g/mol. The van der Waals surface area contributed by atoms with E-state index in [1.54, 1.807) is 6.07 Å². The van der Waals surface area contributed by atoms with Gasteiger partial charge in [0.2, 0.25) is 0 Å². The maximum atomic E-state index is 12.7. The fourth-order valence-electron chi connectivity index (χ4n) is 2.37. The summed E-state index contributed by atoms with van der Waals surface area (Å²) in [5, 5.41) is 0. The molecule has 1 heterocycles. The maximum Gasteiger partial charge on any atom is 0.394 e. The highest BCUT2D eigenvalue weighted by Gasteiger charge is 2.39. The van der Waals surface area contributed by atoms with Gasteiger partial charge in [0.1, 0.15) is 0 Å². The van der Waals surface area contributed by atoms with Crippen LogP contribution in [0.5, 0.6) is 0 Å². The van der Waals surface area contributed by atoms with Gasteiger partial charge in [0.05, 0.1) is 5.92 Å². The predicted octanol–water partition coefficient (Wildman–Crippen LogP) is 1.47. The van der Waals surface area contributed by atoms with Gasteiger partial charge in [0, 0.05) is 24.8 Å². The first-order valence-electron chi connectivity index (χ1n) is 5.92. The van der Waals surface area contributed by atoms with Crippen molar-refractivity contribution in [2.24, 2.45) is 11.7 Å². The largest absolute Gasteiger partial charge is 0.394 e. The molecule has 1 aromatic rings. The number of rotatable bonds is 3. The molecule has 0 bridgehead atoms. The number of alkyl halides is 3. The van der Waals surface area contributed by atoms with Crippen molar-refractivity contribution in [1.82, 2.24) is 4.57 Å². The highest BCUT2D eigenvalue weighted by atomic mass is 19.4. The van der Waals surface area contributed by atoms with Crippen molar-refractivity contribution >= 4 is 0 Å². The Morgan fingerprint density at radius 1 is 1.33 bits per heavy atom. The zero-order valence-electron chi connectivity index (χ0n) is 9.83. The Labute approximate surface area is 102 Å². The van der Waals surface area contributed by atoms with Crippen molar-refractivity contribution in [2.45, 2.75) is 32.0 Å². The number of nitrogens with zero attached hydrogens (tertiary/aromatic N) is 1. The minimum absolute atomic E-state index is 0.373. The molecule has 6 heteroatoms. The van der Waals surface area contributed by atoms with E-state index in [-0.39, 0.29) is 12.1 Å². The molecule has 1 atom stereocenters. The van der Waals surface area contributed by atoms with Crippen LogP contribution in [0.15, 0.2) is 16.9 Å². The standard InChI is InChI=1S/C12H15F3N2O/c13-12(14,15)9(6-16)7-17-10-3-1-2-8(10)4-5-11(17)18/h4-5,9H,1-3,6-7,16H2. The van der Waals surface area contributed by atoms with E-state index in [1.807, 2.05) is 0 Å². The summed E-state index contributed by atoms with van der Waals surface area (Å²) in [6.07, 6.45) is -1.98. The summed E-state index contributed by atoms with van der Waals surface area (Å²) in [5.74, 6) is -1.66. The molecule has 1 aliphatic carbocycles. The Hall–Kier alpha value is -1.30. The van der Waals surface area contributed by atoms with Gasteiger partial charge in [-0.15, -0.1) is 0 Å². The van der Waals surface area contributed by atoms with Gasteiger partial charge >= 0.3 is 6.18 Å². The van der Waals surface area contributed by atoms with Crippen LogP contribution in [0.1, 0.15) is 17.7 Å². The average molecular weight is 260 g/mol. The summed E-state index contributed by atoms with van der Waals surface area (Å²) in [5.41, 5.74) is 6.51. The highest BCUT2D eigenvalue weighted by molar-refractivity contribution is 5.25. The van der Waals surface area contributed by atoms with Crippen LogP contribution in [0, 0.1) is 5.92 Å². The first kappa shape index (κ1) is 13.1. The molecule has 0 saturated heterocycles. The van der Waals surface area contributed by atoms with Crippen molar-refractivity contribution in [3.05, 3.63) is 33.7 Å². The molecule has 2 N–H and O–H groups in total. The van der Waals surface area contributed by atoms with Crippen LogP contribution in [0.4, 0.5) is 13.2 Å². The van der Waals surface area contributed by atoms with Crippen LogP contribution in [0.2, 0.25) is 0 Å². The zero-order valence-corrected chi connectivity index (χ0v) is 9.83. The molecule has 100 valence electrons. The van der Waals surface area contributed by atoms with E-state index in [9.17, 15) is 18.0 Å². The number of nitrogens with two attached hydrogens (primary N) is 1. The number of aromatic nitrogens is 1. The number of hydrogen-bond acceptors (Lipinski definition) is 2. The average Bonchev–Trinajstić information content (AvgIpc) is 2.74. The zero-order chi connectivity index (χ0) is 13.3. The first-order chi connectivity index (χ1) is 8.43. The molecular formula is C12H15F3N2O. The lowest BCUT2D eigenvalue weighted by atomic mass is 10.1. The smallest absolute Gasteiger partial charge is 0.330 e. The number of halogens is 3. The molecule has 0 saturated carbocycles. The SMILES string of the molecule is NCC(Cn1c2c(ccc1=O)CCC2)C(F)(F)F. The Balaban J connectivity index is 2.35. The third kappa shape index (κ3) is 2.43. The third-order valence-electron chi connectivity index (χ3n) is 3.40. The molecule has 0 aromatic carbocycles. The summed E-state index contributed by atoms with van der Waals surface area (Å²) < 4.78 is 39.3. The van der Waals surface area contributed by atoms with Crippen LogP contribution >= 0.6 is 0 Å². The van der Waals surface area contributed by atoms with Gasteiger partial charge in [-0.05, 0) is 24.8 Å². The third-order valence-corrected chi connectivity index (χ3v) is 3.40. The summed E-state index contributed by atoms with van der Waals surface area (Å²) in [6.45, 7) is -0.873. The van der Waals surface area contributed by atoms with E-state index in [0.717, 1.165) is 24.1 Å². The summed E-state index contributed by atoms with van der Waals surface area (Å²) in [6, 6.07) is 3.06. The maximum absolute atomic E-state index is 12.7. The van der Waals surface area contributed by atoms with Gasteiger partial charge in [0.25, 0.3) is 5.56 Å². The minimum atomic E-state index is -4.37. The molecule has 0 spiro atoms. The van der Waals surface area contributed by atoms with Gasteiger partial charge in [0.15, 0.2) is 0 Å². The minimum Gasteiger partial charge on any atom is -0.330 e. The topological polar surface area (TPSA) is 48.0 Å². The number of pyridine rings is 1. The highest BCUT2D eigenvalue weighted by Crippen LogP contribution is 2.28. The van der Waals surface area contributed by atoms with Gasteiger partial charge < -0.3 is 10.3 Å². The van der Waals surface area contributed by atoms with Crippen molar-refractivity contribution in [3.63, 3.8) is 0 Å². The van der Waals surface area contributed by atoms with Crippen molar-refractivity contribution in [1.29, 1.82) is 0 Å². The Bertz CT molecular complexity index is 493. The van der Waals surface area contributed by atoms with Gasteiger partial charge in [-0.25, -0.2) is 0 Å². The predicted molar refractivity (Wildman–Crippen MR) is 61.3 cm³/mol. The van der Waals surface area contributed by atoms with Crippen LogP contribution in [0.3, 0.4) is 0 Å². The molecule has 0 amide bonds. The van der Waals surface area contributed by atoms with Crippen molar-refractivity contribution in [3.8, 4) is 0 Å². The van der Waals surface area contributed by atoms with Crippen molar-refractivity contribution < 1.29 is 13.2 Å². The van der Waals surface area contributed by atoms with Gasteiger partial charge in [-0.2, -0.15) is 13.2 Å². The second-order valence-corrected chi connectivity index (χ2v) is 4.58. The van der Waals surface area contributed by atoms with Crippen molar-refractivity contribution in [2.75, 3.05) is 6.54 Å². The molecule has 1 aromatic heterocycles. The Morgan fingerprint density at radius 3 is 2.67 bits per heavy atom. The second-order valence-electron chi connectivity index (χ2n) is 4.58. The summed E-state index contributed by atoms with van der Waals surface area (Å²) in [7, 11) is 0. The normalized spacial score (nSPS) is 16.7. The lowest BCUT2D eigenvalue weighted by Crippen LogP contribution is -2.37. The molecule has 18 heavy (non-hydrogen) atoms. The Morgan fingerprint density at radius 2 is 2.06 bits per heavy atom. The fourth-order valence-corrected chi connectivity index (χ4v) is 2.37. The van der Waals surface area contributed by atoms with E-state index >= 15 is 0 Å². The van der Waals surface area contributed by atoms with Crippen LogP contribution in [-0.2, 0) is 19.4 Å². The van der Waals surface area contributed by atoms with E-state index in [4.69, 9.17) is 5.73 Å². The molecule has 2 rings (SSSR count). The van der Waals surface area contributed by atoms with Gasteiger partial charge in [-0.3, -0.25) is 4.79 Å². The van der Waals surface area contributed by atoms with E-state index in [2.05, 4.69) is 0 Å². The first-order valence-corrected chi connectivity index (χ1v) is 5.92. The van der Waals surface area contributed by atoms with E-state index < -0.39 is 18.6 Å². The monoisotopic (exact) mass is 260 g/mol.